The Morgan fingerprint density at radius 2 is 1.89 bits per heavy atom. The highest BCUT2D eigenvalue weighted by molar-refractivity contribution is 5.84. The Bertz CT molecular complexity index is 450. The minimum Gasteiger partial charge on any atom is -0.371 e. The van der Waals surface area contributed by atoms with Gasteiger partial charge in [-0.25, -0.2) is 4.39 Å². The van der Waals surface area contributed by atoms with Gasteiger partial charge in [-0.05, 0) is 44.9 Å². The molecule has 0 aromatic heterocycles. The lowest BCUT2D eigenvalue weighted by Gasteiger charge is -2.34. The summed E-state index contributed by atoms with van der Waals surface area (Å²) in [4.78, 5) is 11.9. The van der Waals surface area contributed by atoms with Crippen molar-refractivity contribution >= 4 is 5.91 Å². The second-order valence-electron chi connectivity index (χ2n) is 5.94. The normalized spacial score (nSPS) is 24.1. The van der Waals surface area contributed by atoms with Crippen molar-refractivity contribution in [2.45, 2.75) is 44.8 Å². The summed E-state index contributed by atoms with van der Waals surface area (Å²) in [7, 11) is 0. The fraction of sp³-hybridized carbons (Fsp3) is 0.533. The molecule has 1 N–H and O–H groups in total. The maximum atomic E-state index is 12.9. The minimum atomic E-state index is -0.289. The molecule has 3 nitrogen and oxygen atoms in total. The van der Waals surface area contributed by atoms with Gasteiger partial charge < -0.3 is 10.1 Å². The van der Waals surface area contributed by atoms with E-state index in [2.05, 4.69) is 5.32 Å². The molecule has 2 rings (SSSR count). The van der Waals surface area contributed by atoms with Gasteiger partial charge in [-0.3, -0.25) is 4.79 Å². The lowest BCUT2D eigenvalue weighted by atomic mass is 9.89. The van der Waals surface area contributed by atoms with E-state index >= 15 is 0 Å². The number of ether oxygens (including phenoxy) is 1. The van der Waals surface area contributed by atoms with Crippen molar-refractivity contribution in [3.8, 4) is 0 Å². The molecule has 0 bridgehead atoms. The van der Waals surface area contributed by atoms with Crippen molar-refractivity contribution in [2.24, 2.45) is 0 Å². The smallest absolute Gasteiger partial charge is 0.227 e. The van der Waals surface area contributed by atoms with Crippen LogP contribution in [0.4, 0.5) is 4.39 Å². The van der Waals surface area contributed by atoms with Crippen molar-refractivity contribution in [1.82, 2.24) is 5.32 Å². The number of rotatable bonds is 2. The quantitative estimate of drug-likeness (QED) is 0.892. The number of amides is 1. The molecule has 0 radical (unpaired) electrons. The van der Waals surface area contributed by atoms with Crippen LogP contribution in [0.15, 0.2) is 24.3 Å². The van der Waals surface area contributed by atoms with Gasteiger partial charge in [0, 0.05) is 6.54 Å². The van der Waals surface area contributed by atoms with Crippen molar-refractivity contribution < 1.29 is 13.9 Å². The van der Waals surface area contributed by atoms with Gasteiger partial charge in [0.1, 0.15) is 5.82 Å². The molecule has 2 atom stereocenters. The predicted molar refractivity (Wildman–Crippen MR) is 71.4 cm³/mol. The van der Waals surface area contributed by atoms with Gasteiger partial charge in [-0.15, -0.1) is 0 Å². The minimum absolute atomic E-state index is 0.00671. The number of nitrogens with one attached hydrogen (secondary N) is 1. The second-order valence-corrected chi connectivity index (χ2v) is 5.94. The first-order valence-electron chi connectivity index (χ1n) is 6.56. The van der Waals surface area contributed by atoms with Gasteiger partial charge in [0.2, 0.25) is 5.91 Å². The predicted octanol–water partition coefficient (Wildman–Crippen LogP) is 2.61. The Balaban J connectivity index is 2.10. The fourth-order valence-electron chi connectivity index (χ4n) is 2.36. The number of halogens is 1. The fourth-order valence-corrected chi connectivity index (χ4v) is 2.36. The van der Waals surface area contributed by atoms with E-state index in [4.69, 9.17) is 4.74 Å². The molecule has 1 aromatic rings. The van der Waals surface area contributed by atoms with Crippen LogP contribution in [0.1, 0.15) is 38.7 Å². The summed E-state index contributed by atoms with van der Waals surface area (Å²) >= 11 is 0. The topological polar surface area (TPSA) is 38.3 Å². The average molecular weight is 265 g/mol. The molecule has 19 heavy (non-hydrogen) atoms. The Hall–Kier alpha value is -1.42. The van der Waals surface area contributed by atoms with Crippen LogP contribution in [0.3, 0.4) is 0 Å². The third kappa shape index (κ3) is 3.77. The van der Waals surface area contributed by atoms with Crippen LogP contribution < -0.4 is 5.32 Å². The monoisotopic (exact) mass is 265 g/mol. The van der Waals surface area contributed by atoms with Gasteiger partial charge in [0.05, 0.1) is 17.6 Å². The van der Waals surface area contributed by atoms with Crippen LogP contribution in [-0.2, 0) is 9.53 Å². The summed E-state index contributed by atoms with van der Waals surface area (Å²) in [6.45, 7) is 6.52. The summed E-state index contributed by atoms with van der Waals surface area (Å²) < 4.78 is 18.8. The number of carbonyl (C=O) groups is 1. The Morgan fingerprint density at radius 3 is 2.47 bits per heavy atom. The van der Waals surface area contributed by atoms with Crippen molar-refractivity contribution in [1.29, 1.82) is 0 Å². The Kier molecular flexibility index (Phi) is 3.90. The van der Waals surface area contributed by atoms with Crippen LogP contribution in [0.25, 0.3) is 0 Å². The molecule has 0 aliphatic carbocycles. The maximum absolute atomic E-state index is 12.9. The van der Waals surface area contributed by atoms with E-state index in [1.165, 1.54) is 12.1 Å². The standard InChI is InChI=1S/C15H20FNO2/c1-15(2,3)19-12-8-13(14(18)17-9-12)10-4-6-11(16)7-5-10/h4-7,12-13H,8-9H2,1-3H3,(H,17,18). The van der Waals surface area contributed by atoms with E-state index in [-0.39, 0.29) is 29.3 Å². The zero-order valence-electron chi connectivity index (χ0n) is 11.6. The Labute approximate surface area is 113 Å². The van der Waals surface area contributed by atoms with Gasteiger partial charge in [0.15, 0.2) is 0 Å². The molecule has 1 amide bonds. The van der Waals surface area contributed by atoms with Crippen LogP contribution in [-0.4, -0.2) is 24.2 Å². The largest absolute Gasteiger partial charge is 0.371 e. The van der Waals surface area contributed by atoms with Crippen LogP contribution in [0, 0.1) is 5.82 Å². The number of hydrogen-bond donors (Lipinski definition) is 1. The van der Waals surface area contributed by atoms with Crippen molar-refractivity contribution in [3.63, 3.8) is 0 Å². The van der Waals surface area contributed by atoms with E-state index in [0.717, 1.165) is 5.56 Å². The van der Waals surface area contributed by atoms with Crippen LogP contribution in [0.5, 0.6) is 0 Å². The Morgan fingerprint density at radius 1 is 1.26 bits per heavy atom. The molecule has 1 heterocycles. The molecular formula is C15H20FNO2. The molecule has 104 valence electrons. The van der Waals surface area contributed by atoms with E-state index in [1.807, 2.05) is 20.8 Å². The number of piperidine rings is 1. The van der Waals surface area contributed by atoms with Gasteiger partial charge in [-0.1, -0.05) is 12.1 Å². The molecule has 1 fully saturated rings. The number of benzene rings is 1. The van der Waals surface area contributed by atoms with E-state index < -0.39 is 0 Å². The maximum Gasteiger partial charge on any atom is 0.227 e. The van der Waals surface area contributed by atoms with E-state index in [1.54, 1.807) is 12.1 Å². The first-order chi connectivity index (χ1) is 8.85. The highest BCUT2D eigenvalue weighted by Crippen LogP contribution is 2.27. The molecule has 4 heteroatoms. The summed E-state index contributed by atoms with van der Waals surface area (Å²) in [5, 5.41) is 2.86. The van der Waals surface area contributed by atoms with E-state index in [9.17, 15) is 9.18 Å². The van der Waals surface area contributed by atoms with Crippen molar-refractivity contribution in [3.05, 3.63) is 35.6 Å². The summed E-state index contributed by atoms with van der Waals surface area (Å²) in [5.41, 5.74) is 0.598. The third-order valence-electron chi connectivity index (χ3n) is 3.11. The third-order valence-corrected chi connectivity index (χ3v) is 3.11. The lowest BCUT2D eigenvalue weighted by molar-refractivity contribution is -0.131. The molecule has 2 unspecified atom stereocenters. The molecule has 0 spiro atoms. The molecule has 1 aliphatic heterocycles. The number of carbonyl (C=O) groups excluding carboxylic acids is 1. The average Bonchev–Trinajstić information content (AvgIpc) is 2.31. The first kappa shape index (κ1) is 14.0. The summed E-state index contributed by atoms with van der Waals surface area (Å²) in [5.74, 6) is -0.565. The van der Waals surface area contributed by atoms with Gasteiger partial charge in [0.25, 0.3) is 0 Å². The summed E-state index contributed by atoms with van der Waals surface area (Å²) in [6, 6.07) is 6.10. The van der Waals surface area contributed by atoms with E-state index in [0.29, 0.717) is 13.0 Å². The zero-order chi connectivity index (χ0) is 14.0. The number of hydrogen-bond acceptors (Lipinski definition) is 2. The van der Waals surface area contributed by atoms with Gasteiger partial charge in [-0.2, -0.15) is 0 Å². The molecule has 0 saturated carbocycles. The lowest BCUT2D eigenvalue weighted by Crippen LogP contribution is -2.46. The van der Waals surface area contributed by atoms with Crippen LogP contribution >= 0.6 is 0 Å². The second kappa shape index (κ2) is 5.29. The molecular weight excluding hydrogens is 245 g/mol. The first-order valence-corrected chi connectivity index (χ1v) is 6.56. The van der Waals surface area contributed by atoms with Gasteiger partial charge >= 0.3 is 0 Å². The zero-order valence-corrected chi connectivity index (χ0v) is 11.6. The molecule has 1 aromatic carbocycles. The van der Waals surface area contributed by atoms with Crippen LogP contribution in [0.2, 0.25) is 0 Å². The summed E-state index contributed by atoms with van der Waals surface area (Å²) in [6.07, 6.45) is 0.627. The highest BCUT2D eigenvalue weighted by atomic mass is 19.1. The molecule has 1 aliphatic rings. The SMILES string of the molecule is CC(C)(C)OC1CNC(=O)C(c2ccc(F)cc2)C1. The molecule has 1 saturated heterocycles. The van der Waals surface area contributed by atoms with Crippen molar-refractivity contribution in [2.75, 3.05) is 6.54 Å². The highest BCUT2D eigenvalue weighted by Gasteiger charge is 2.32.